The summed E-state index contributed by atoms with van der Waals surface area (Å²) in [4.78, 5) is 13.6. The number of carbonyl (C=O) groups is 1. The molecule has 1 fully saturated rings. The lowest BCUT2D eigenvalue weighted by Gasteiger charge is -2.31. The molecule has 3 nitrogen and oxygen atoms in total. The van der Waals surface area contributed by atoms with E-state index in [1.54, 1.807) is 7.05 Å². The van der Waals surface area contributed by atoms with Crippen LogP contribution in [0.1, 0.15) is 30.4 Å². The molecule has 0 radical (unpaired) electrons. The van der Waals surface area contributed by atoms with Crippen LogP contribution in [0.25, 0.3) is 0 Å². The summed E-state index contributed by atoms with van der Waals surface area (Å²) in [6.45, 7) is 4.81. The first-order valence-corrected chi connectivity index (χ1v) is 7.66. The zero-order chi connectivity index (χ0) is 14.4. The van der Waals surface area contributed by atoms with Crippen LogP contribution in [-0.4, -0.2) is 37.5 Å². The van der Waals surface area contributed by atoms with Crippen molar-refractivity contribution in [3.8, 4) is 0 Å². The smallest absolute Gasteiger partial charge is 0.233 e. The Balaban J connectivity index is 1.69. The fourth-order valence-electron chi connectivity index (χ4n) is 2.84. The number of benzene rings is 1. The zero-order valence-electron chi connectivity index (χ0n) is 12.7. The number of aryl methyl sites for hydroxylation is 2. The fourth-order valence-corrected chi connectivity index (χ4v) is 2.84. The molecule has 20 heavy (non-hydrogen) atoms. The van der Waals surface area contributed by atoms with Crippen LogP contribution < -0.4 is 5.32 Å². The van der Waals surface area contributed by atoms with Gasteiger partial charge in [0.25, 0.3) is 0 Å². The van der Waals surface area contributed by atoms with Crippen molar-refractivity contribution in [3.63, 3.8) is 0 Å². The van der Waals surface area contributed by atoms with Gasteiger partial charge in [-0.2, -0.15) is 0 Å². The molecule has 0 aromatic heterocycles. The van der Waals surface area contributed by atoms with Crippen LogP contribution in [0.3, 0.4) is 0 Å². The third kappa shape index (κ3) is 4.64. The molecule has 1 aliphatic heterocycles. The molecule has 1 saturated heterocycles. The number of amides is 1. The summed E-state index contributed by atoms with van der Waals surface area (Å²) in [5, 5.41) is 2.69. The van der Waals surface area contributed by atoms with Crippen molar-refractivity contribution in [2.75, 3.05) is 26.7 Å². The van der Waals surface area contributed by atoms with Crippen molar-refractivity contribution in [1.82, 2.24) is 10.2 Å². The number of rotatable bonds is 5. The van der Waals surface area contributed by atoms with E-state index in [0.29, 0.717) is 6.54 Å². The highest BCUT2D eigenvalue weighted by atomic mass is 16.1. The Morgan fingerprint density at radius 1 is 1.25 bits per heavy atom. The molecule has 110 valence electrons. The summed E-state index contributed by atoms with van der Waals surface area (Å²) in [5.74, 6) is 0.945. The topological polar surface area (TPSA) is 32.3 Å². The lowest BCUT2D eigenvalue weighted by Crippen LogP contribution is -2.40. The molecule has 2 rings (SSSR count). The van der Waals surface area contributed by atoms with E-state index < -0.39 is 0 Å². The quantitative estimate of drug-likeness (QED) is 0.894. The first-order chi connectivity index (χ1) is 9.67. The van der Waals surface area contributed by atoms with Crippen LogP contribution in [-0.2, 0) is 11.2 Å². The van der Waals surface area contributed by atoms with Gasteiger partial charge in [0.15, 0.2) is 0 Å². The van der Waals surface area contributed by atoms with Gasteiger partial charge in [-0.3, -0.25) is 9.69 Å². The highest BCUT2D eigenvalue weighted by Gasteiger charge is 2.20. The fraction of sp³-hybridized carbons (Fsp3) is 0.588. The summed E-state index contributed by atoms with van der Waals surface area (Å²) in [6.07, 6.45) is 4.91. The van der Waals surface area contributed by atoms with Crippen molar-refractivity contribution in [2.24, 2.45) is 5.92 Å². The minimum atomic E-state index is 0.128. The molecule has 1 heterocycles. The van der Waals surface area contributed by atoms with E-state index in [1.165, 1.54) is 36.8 Å². The van der Waals surface area contributed by atoms with Crippen LogP contribution in [0.5, 0.6) is 0 Å². The van der Waals surface area contributed by atoms with E-state index in [0.717, 1.165) is 19.0 Å². The van der Waals surface area contributed by atoms with Crippen LogP contribution in [0.4, 0.5) is 0 Å². The Bertz CT molecular complexity index is 419. The summed E-state index contributed by atoms with van der Waals surface area (Å²) in [5.41, 5.74) is 2.78. The number of nitrogens with one attached hydrogen (secondary N) is 1. The van der Waals surface area contributed by atoms with E-state index in [1.807, 2.05) is 0 Å². The molecular formula is C17H26N2O. The summed E-state index contributed by atoms with van der Waals surface area (Å²) in [6, 6.07) is 8.88. The SMILES string of the molecule is CNC(=O)CN1CCC(CCc2ccc(C)cc2)CC1. The van der Waals surface area contributed by atoms with Gasteiger partial charge in [0.1, 0.15) is 0 Å². The Labute approximate surface area is 122 Å². The van der Waals surface area contributed by atoms with E-state index >= 15 is 0 Å². The number of likely N-dealkylation sites (N-methyl/N-ethyl adjacent to an activating group) is 1. The molecule has 1 N–H and O–H groups in total. The number of piperidine rings is 1. The van der Waals surface area contributed by atoms with Gasteiger partial charge in [-0.15, -0.1) is 0 Å². The highest BCUT2D eigenvalue weighted by molar-refractivity contribution is 5.77. The van der Waals surface area contributed by atoms with E-state index in [2.05, 4.69) is 41.4 Å². The van der Waals surface area contributed by atoms with Gasteiger partial charge in [0, 0.05) is 7.05 Å². The highest BCUT2D eigenvalue weighted by Crippen LogP contribution is 2.22. The second kappa shape index (κ2) is 7.44. The molecule has 1 aromatic carbocycles. The zero-order valence-corrected chi connectivity index (χ0v) is 12.7. The lowest BCUT2D eigenvalue weighted by atomic mass is 9.90. The van der Waals surface area contributed by atoms with E-state index in [9.17, 15) is 4.79 Å². The minimum absolute atomic E-state index is 0.128. The van der Waals surface area contributed by atoms with Gasteiger partial charge in [-0.25, -0.2) is 0 Å². The predicted molar refractivity (Wildman–Crippen MR) is 82.7 cm³/mol. The number of carbonyl (C=O) groups excluding carboxylic acids is 1. The molecule has 0 atom stereocenters. The maximum absolute atomic E-state index is 11.3. The molecule has 1 amide bonds. The largest absolute Gasteiger partial charge is 0.358 e. The first-order valence-electron chi connectivity index (χ1n) is 7.66. The van der Waals surface area contributed by atoms with Gasteiger partial charge >= 0.3 is 0 Å². The molecule has 0 saturated carbocycles. The molecular weight excluding hydrogens is 248 g/mol. The maximum Gasteiger partial charge on any atom is 0.233 e. The Morgan fingerprint density at radius 2 is 1.90 bits per heavy atom. The Morgan fingerprint density at radius 3 is 2.50 bits per heavy atom. The third-order valence-corrected chi connectivity index (χ3v) is 4.32. The molecule has 0 unspecified atom stereocenters. The third-order valence-electron chi connectivity index (χ3n) is 4.32. The van der Waals surface area contributed by atoms with Crippen molar-refractivity contribution in [1.29, 1.82) is 0 Å². The normalized spacial score (nSPS) is 17.1. The number of hydrogen-bond donors (Lipinski definition) is 1. The average Bonchev–Trinajstić information content (AvgIpc) is 2.48. The van der Waals surface area contributed by atoms with Gasteiger partial charge in [-0.1, -0.05) is 29.8 Å². The minimum Gasteiger partial charge on any atom is -0.358 e. The molecule has 0 bridgehead atoms. The standard InChI is InChI=1S/C17H26N2O/c1-14-3-5-15(6-4-14)7-8-16-9-11-19(12-10-16)13-17(20)18-2/h3-6,16H,7-13H2,1-2H3,(H,18,20). The van der Waals surface area contributed by atoms with Crippen LogP contribution in [0.15, 0.2) is 24.3 Å². The monoisotopic (exact) mass is 274 g/mol. The number of likely N-dealkylation sites (tertiary alicyclic amines) is 1. The second-order valence-corrected chi connectivity index (χ2v) is 5.92. The van der Waals surface area contributed by atoms with Gasteiger partial charge < -0.3 is 5.32 Å². The second-order valence-electron chi connectivity index (χ2n) is 5.92. The van der Waals surface area contributed by atoms with E-state index in [4.69, 9.17) is 0 Å². The van der Waals surface area contributed by atoms with Crippen LogP contribution >= 0.6 is 0 Å². The first kappa shape index (κ1) is 15.0. The summed E-state index contributed by atoms with van der Waals surface area (Å²) < 4.78 is 0. The Hall–Kier alpha value is -1.35. The number of hydrogen-bond acceptors (Lipinski definition) is 2. The van der Waals surface area contributed by atoms with Crippen LogP contribution in [0, 0.1) is 12.8 Å². The average molecular weight is 274 g/mol. The molecule has 0 aliphatic carbocycles. The van der Waals surface area contributed by atoms with Gasteiger partial charge in [0.05, 0.1) is 6.54 Å². The lowest BCUT2D eigenvalue weighted by molar-refractivity contribution is -0.122. The van der Waals surface area contributed by atoms with Gasteiger partial charge in [-0.05, 0) is 57.2 Å². The van der Waals surface area contributed by atoms with Crippen LogP contribution in [0.2, 0.25) is 0 Å². The summed E-state index contributed by atoms with van der Waals surface area (Å²) in [7, 11) is 1.71. The van der Waals surface area contributed by atoms with Crippen molar-refractivity contribution < 1.29 is 4.79 Å². The molecule has 3 heteroatoms. The summed E-state index contributed by atoms with van der Waals surface area (Å²) >= 11 is 0. The predicted octanol–water partition coefficient (Wildman–Crippen LogP) is 2.39. The number of nitrogens with zero attached hydrogens (tertiary/aromatic N) is 1. The van der Waals surface area contributed by atoms with E-state index in [-0.39, 0.29) is 5.91 Å². The van der Waals surface area contributed by atoms with Crippen molar-refractivity contribution in [2.45, 2.75) is 32.6 Å². The Kier molecular flexibility index (Phi) is 5.60. The van der Waals surface area contributed by atoms with Crippen molar-refractivity contribution >= 4 is 5.91 Å². The molecule has 0 spiro atoms. The molecule has 1 aromatic rings. The van der Waals surface area contributed by atoms with Crippen molar-refractivity contribution in [3.05, 3.63) is 35.4 Å². The maximum atomic E-state index is 11.3. The molecule has 1 aliphatic rings. The van der Waals surface area contributed by atoms with Gasteiger partial charge in [0.2, 0.25) is 5.91 Å².